The SMILES string of the molecule is CC(C)c1cccc(C(C)C)c1N(CO)C(=O)c1cccc2c1C(=O)NC2=O. The maximum Gasteiger partial charge on any atom is 0.261 e. The zero-order valence-electron chi connectivity index (χ0n) is 16.4. The summed E-state index contributed by atoms with van der Waals surface area (Å²) in [6.07, 6.45) is 0. The molecule has 0 bridgehead atoms. The lowest BCUT2D eigenvalue weighted by Gasteiger charge is -2.29. The molecule has 0 aromatic heterocycles. The Labute approximate surface area is 164 Å². The lowest BCUT2D eigenvalue weighted by atomic mass is 9.91. The maximum atomic E-state index is 13.4. The molecule has 2 aromatic carbocycles. The zero-order chi connectivity index (χ0) is 20.6. The van der Waals surface area contributed by atoms with Gasteiger partial charge in [0.15, 0.2) is 0 Å². The number of rotatable bonds is 5. The molecule has 2 aromatic rings. The van der Waals surface area contributed by atoms with Crippen molar-refractivity contribution in [2.24, 2.45) is 0 Å². The van der Waals surface area contributed by atoms with Crippen molar-refractivity contribution in [3.63, 3.8) is 0 Å². The van der Waals surface area contributed by atoms with Crippen LogP contribution < -0.4 is 10.2 Å². The highest BCUT2D eigenvalue weighted by molar-refractivity contribution is 6.26. The summed E-state index contributed by atoms with van der Waals surface area (Å²) in [5.74, 6) is -1.37. The lowest BCUT2D eigenvalue weighted by Crippen LogP contribution is -2.35. The Bertz CT molecular complexity index is 937. The fourth-order valence-corrected chi connectivity index (χ4v) is 3.60. The van der Waals surface area contributed by atoms with E-state index >= 15 is 0 Å². The van der Waals surface area contributed by atoms with Gasteiger partial charge in [0.2, 0.25) is 0 Å². The monoisotopic (exact) mass is 380 g/mol. The summed E-state index contributed by atoms with van der Waals surface area (Å²) in [5, 5.41) is 12.3. The van der Waals surface area contributed by atoms with Crippen molar-refractivity contribution in [2.45, 2.75) is 39.5 Å². The van der Waals surface area contributed by atoms with Gasteiger partial charge in [0, 0.05) is 0 Å². The molecule has 3 amide bonds. The molecule has 0 atom stereocenters. The van der Waals surface area contributed by atoms with Crippen molar-refractivity contribution in [1.29, 1.82) is 0 Å². The predicted octanol–water partition coefficient (Wildman–Crippen LogP) is 3.41. The number of anilines is 1. The van der Waals surface area contributed by atoms with E-state index in [-0.39, 0.29) is 28.5 Å². The van der Waals surface area contributed by atoms with Gasteiger partial charge in [0.1, 0.15) is 6.73 Å². The van der Waals surface area contributed by atoms with Crippen molar-refractivity contribution >= 4 is 23.4 Å². The second-order valence-electron chi connectivity index (χ2n) is 7.48. The van der Waals surface area contributed by atoms with Crippen LogP contribution in [0.2, 0.25) is 0 Å². The van der Waals surface area contributed by atoms with Crippen LogP contribution in [0.25, 0.3) is 0 Å². The molecule has 0 fully saturated rings. The van der Waals surface area contributed by atoms with Gasteiger partial charge in [-0.15, -0.1) is 0 Å². The summed E-state index contributed by atoms with van der Waals surface area (Å²) in [5.41, 5.74) is 2.85. The minimum absolute atomic E-state index is 0.0593. The molecule has 146 valence electrons. The number of fused-ring (bicyclic) bond motifs is 1. The third-order valence-corrected chi connectivity index (χ3v) is 4.99. The van der Waals surface area contributed by atoms with Gasteiger partial charge >= 0.3 is 0 Å². The molecule has 6 nitrogen and oxygen atoms in total. The second kappa shape index (κ2) is 7.56. The van der Waals surface area contributed by atoms with E-state index in [0.717, 1.165) is 11.1 Å². The first-order chi connectivity index (χ1) is 13.3. The fourth-order valence-electron chi connectivity index (χ4n) is 3.60. The smallest absolute Gasteiger partial charge is 0.261 e. The van der Waals surface area contributed by atoms with E-state index < -0.39 is 24.5 Å². The topological polar surface area (TPSA) is 86.7 Å². The number of para-hydroxylation sites is 1. The number of hydrogen-bond donors (Lipinski definition) is 2. The third kappa shape index (κ3) is 3.20. The Morgan fingerprint density at radius 3 is 2.07 bits per heavy atom. The molecule has 3 rings (SSSR count). The first-order valence-electron chi connectivity index (χ1n) is 9.32. The van der Waals surface area contributed by atoms with E-state index in [9.17, 15) is 19.5 Å². The van der Waals surface area contributed by atoms with Crippen LogP contribution in [-0.2, 0) is 0 Å². The van der Waals surface area contributed by atoms with Crippen molar-refractivity contribution < 1.29 is 19.5 Å². The Balaban J connectivity index is 2.19. The summed E-state index contributed by atoms with van der Waals surface area (Å²) in [6, 6.07) is 10.4. The van der Waals surface area contributed by atoms with E-state index in [2.05, 4.69) is 5.32 Å². The molecule has 0 saturated carbocycles. The van der Waals surface area contributed by atoms with Gasteiger partial charge in [0.25, 0.3) is 17.7 Å². The highest BCUT2D eigenvalue weighted by atomic mass is 16.3. The van der Waals surface area contributed by atoms with Crippen LogP contribution in [0.15, 0.2) is 36.4 Å². The largest absolute Gasteiger partial charge is 0.376 e. The molecule has 28 heavy (non-hydrogen) atoms. The number of nitrogens with one attached hydrogen (secondary N) is 1. The first-order valence-corrected chi connectivity index (χ1v) is 9.32. The third-order valence-electron chi connectivity index (χ3n) is 4.99. The van der Waals surface area contributed by atoms with E-state index in [0.29, 0.717) is 5.69 Å². The number of aliphatic hydroxyl groups excluding tert-OH is 1. The van der Waals surface area contributed by atoms with Crippen molar-refractivity contribution in [1.82, 2.24) is 5.32 Å². The number of aliphatic hydroxyl groups is 1. The molecule has 1 heterocycles. The number of carbonyl (C=O) groups excluding carboxylic acids is 3. The van der Waals surface area contributed by atoms with E-state index in [1.165, 1.54) is 17.0 Å². The Morgan fingerprint density at radius 2 is 1.54 bits per heavy atom. The van der Waals surface area contributed by atoms with Crippen LogP contribution in [0.1, 0.15) is 81.7 Å². The maximum absolute atomic E-state index is 13.4. The molecule has 1 aliphatic heterocycles. The molecule has 0 aliphatic carbocycles. The summed E-state index contributed by atoms with van der Waals surface area (Å²) < 4.78 is 0. The molecule has 0 unspecified atom stereocenters. The lowest BCUT2D eigenvalue weighted by molar-refractivity contribution is 0.0871. The summed E-state index contributed by atoms with van der Waals surface area (Å²) in [7, 11) is 0. The van der Waals surface area contributed by atoms with Gasteiger partial charge in [-0.2, -0.15) is 0 Å². The van der Waals surface area contributed by atoms with Gasteiger partial charge in [-0.05, 0) is 35.1 Å². The average molecular weight is 380 g/mol. The molecular weight excluding hydrogens is 356 g/mol. The number of nitrogens with zero attached hydrogens (tertiary/aromatic N) is 1. The summed E-state index contributed by atoms with van der Waals surface area (Å²) in [4.78, 5) is 38.9. The van der Waals surface area contributed by atoms with Crippen molar-refractivity contribution in [2.75, 3.05) is 11.6 Å². The molecular formula is C22H24N2O4. The average Bonchev–Trinajstić information content (AvgIpc) is 2.96. The summed E-state index contributed by atoms with van der Waals surface area (Å²) >= 11 is 0. The molecule has 6 heteroatoms. The Hall–Kier alpha value is -2.99. The normalized spacial score (nSPS) is 13.1. The number of carbonyl (C=O) groups is 3. The minimum Gasteiger partial charge on any atom is -0.376 e. The molecule has 1 aliphatic rings. The molecule has 0 radical (unpaired) electrons. The van der Waals surface area contributed by atoms with Gasteiger partial charge in [-0.25, -0.2) is 0 Å². The molecule has 0 saturated heterocycles. The molecule has 0 spiro atoms. The van der Waals surface area contributed by atoms with Crippen molar-refractivity contribution in [3.05, 3.63) is 64.2 Å². The van der Waals surface area contributed by atoms with E-state index in [1.807, 2.05) is 45.9 Å². The van der Waals surface area contributed by atoms with Crippen LogP contribution in [0.4, 0.5) is 5.69 Å². The zero-order valence-corrected chi connectivity index (χ0v) is 16.4. The van der Waals surface area contributed by atoms with E-state index in [1.54, 1.807) is 6.07 Å². The van der Waals surface area contributed by atoms with Crippen LogP contribution in [-0.4, -0.2) is 29.6 Å². The number of hydrogen-bond acceptors (Lipinski definition) is 4. The van der Waals surface area contributed by atoms with Crippen LogP contribution in [0.5, 0.6) is 0 Å². The van der Waals surface area contributed by atoms with Crippen LogP contribution in [0, 0.1) is 0 Å². The van der Waals surface area contributed by atoms with Gasteiger partial charge < -0.3 is 5.11 Å². The predicted molar refractivity (Wildman–Crippen MR) is 107 cm³/mol. The standard InChI is InChI=1S/C22H24N2O4/c1-12(2)14-7-5-8-15(13(3)4)19(14)24(11-25)22(28)17-10-6-9-16-18(17)21(27)23-20(16)26/h5-10,12-13,25H,11H2,1-4H3,(H,23,26,27). The Kier molecular flexibility index (Phi) is 5.34. The van der Waals surface area contributed by atoms with E-state index in [4.69, 9.17) is 0 Å². The minimum atomic E-state index is -0.594. The van der Waals surface area contributed by atoms with Crippen LogP contribution >= 0.6 is 0 Å². The van der Waals surface area contributed by atoms with Gasteiger partial charge in [-0.1, -0.05) is 52.0 Å². The fraction of sp³-hybridized carbons (Fsp3) is 0.318. The quantitative estimate of drug-likeness (QED) is 0.615. The summed E-state index contributed by atoms with van der Waals surface area (Å²) in [6.45, 7) is 7.55. The number of benzene rings is 2. The Morgan fingerprint density at radius 1 is 0.964 bits per heavy atom. The highest BCUT2D eigenvalue weighted by Gasteiger charge is 2.34. The molecule has 2 N–H and O–H groups in total. The van der Waals surface area contributed by atoms with Gasteiger partial charge in [0.05, 0.1) is 22.4 Å². The number of amides is 3. The van der Waals surface area contributed by atoms with Crippen molar-refractivity contribution in [3.8, 4) is 0 Å². The number of imide groups is 1. The second-order valence-corrected chi connectivity index (χ2v) is 7.48. The first kappa shape index (κ1) is 19.8. The van der Waals surface area contributed by atoms with Gasteiger partial charge in [-0.3, -0.25) is 24.6 Å². The highest BCUT2D eigenvalue weighted by Crippen LogP contribution is 2.36. The van der Waals surface area contributed by atoms with Crippen LogP contribution in [0.3, 0.4) is 0 Å².